The Hall–Kier alpha value is -6.38. The van der Waals surface area contributed by atoms with E-state index in [0.29, 0.717) is 5.56 Å². The van der Waals surface area contributed by atoms with E-state index in [1.54, 1.807) is 0 Å². The molecule has 0 saturated carbocycles. The van der Waals surface area contributed by atoms with Crippen molar-refractivity contribution in [1.82, 2.24) is 0 Å². The standard InChI is InChI=1S/C46H31NO/c1-3-11-32(12-4-1)33-23-26-38(27-24-33)47(37-13-5-2-6-14-37)44-29-28-39(40-15-7-8-16-41(40)44)35-21-19-34(20-22-35)36-25-30-46-43(31-36)42-17-9-10-18-45(42)48-46/h1-31H/i1D,3D,4D,11D,12D. The van der Waals surface area contributed by atoms with Crippen LogP contribution in [-0.2, 0) is 0 Å². The van der Waals surface area contributed by atoms with Crippen molar-refractivity contribution in [2.45, 2.75) is 0 Å². The highest BCUT2D eigenvalue weighted by Gasteiger charge is 2.17. The Bertz CT molecular complexity index is 2800. The largest absolute Gasteiger partial charge is 0.456 e. The van der Waals surface area contributed by atoms with E-state index >= 15 is 0 Å². The van der Waals surface area contributed by atoms with Crippen molar-refractivity contribution in [2.75, 3.05) is 4.90 Å². The molecule has 0 radical (unpaired) electrons. The van der Waals surface area contributed by atoms with E-state index in [-0.39, 0.29) is 29.7 Å². The number of para-hydroxylation sites is 2. The molecule has 0 N–H and O–H groups in total. The first-order valence-electron chi connectivity index (χ1n) is 18.4. The van der Waals surface area contributed by atoms with Crippen LogP contribution in [0.15, 0.2) is 192 Å². The summed E-state index contributed by atoms with van der Waals surface area (Å²) in [4.78, 5) is 2.19. The van der Waals surface area contributed by atoms with E-state index in [0.717, 1.165) is 72.0 Å². The van der Waals surface area contributed by atoms with Crippen LogP contribution >= 0.6 is 0 Å². The average molecular weight is 619 g/mol. The van der Waals surface area contributed by atoms with Crippen LogP contribution in [0.2, 0.25) is 0 Å². The van der Waals surface area contributed by atoms with Crippen molar-refractivity contribution >= 4 is 49.8 Å². The minimum atomic E-state index is -0.400. The zero-order valence-corrected chi connectivity index (χ0v) is 25.9. The van der Waals surface area contributed by atoms with Gasteiger partial charge < -0.3 is 9.32 Å². The normalized spacial score (nSPS) is 12.8. The van der Waals surface area contributed by atoms with E-state index in [2.05, 4.69) is 95.9 Å². The summed E-state index contributed by atoms with van der Waals surface area (Å²) in [5.74, 6) is 0. The first-order chi connectivity index (χ1) is 25.9. The summed E-state index contributed by atoms with van der Waals surface area (Å²) in [5, 5.41) is 4.41. The Labute approximate surface area is 286 Å². The van der Waals surface area contributed by atoms with Gasteiger partial charge in [-0.3, -0.25) is 0 Å². The van der Waals surface area contributed by atoms with Gasteiger partial charge >= 0.3 is 0 Å². The molecule has 0 spiro atoms. The van der Waals surface area contributed by atoms with Gasteiger partial charge in [0.1, 0.15) is 11.2 Å². The second-order valence-electron chi connectivity index (χ2n) is 11.8. The summed E-state index contributed by atoms with van der Waals surface area (Å²) >= 11 is 0. The van der Waals surface area contributed by atoms with Gasteiger partial charge in [0.05, 0.1) is 12.5 Å². The highest BCUT2D eigenvalue weighted by atomic mass is 16.3. The minimum Gasteiger partial charge on any atom is -0.456 e. The van der Waals surface area contributed by atoms with E-state index in [1.165, 1.54) is 0 Å². The van der Waals surface area contributed by atoms with Crippen LogP contribution in [0.3, 0.4) is 0 Å². The number of fused-ring (bicyclic) bond motifs is 4. The van der Waals surface area contributed by atoms with Gasteiger partial charge in [0.2, 0.25) is 0 Å². The molecular weight excluding hydrogens is 583 g/mol. The van der Waals surface area contributed by atoms with Crippen LogP contribution in [0.1, 0.15) is 6.85 Å². The second kappa shape index (κ2) is 11.8. The van der Waals surface area contributed by atoms with Crippen LogP contribution < -0.4 is 4.90 Å². The fourth-order valence-corrected chi connectivity index (χ4v) is 6.65. The summed E-state index contributed by atoms with van der Waals surface area (Å²) in [6, 6.07) is 52.1. The van der Waals surface area contributed by atoms with Gasteiger partial charge in [-0.2, -0.15) is 0 Å². The topological polar surface area (TPSA) is 16.4 Å². The number of rotatable bonds is 6. The summed E-state index contributed by atoms with van der Waals surface area (Å²) in [5.41, 5.74) is 9.83. The summed E-state index contributed by atoms with van der Waals surface area (Å²) in [6.07, 6.45) is 0. The quantitative estimate of drug-likeness (QED) is 0.184. The molecule has 0 fully saturated rings. The molecule has 226 valence electrons. The summed E-state index contributed by atoms with van der Waals surface area (Å²) in [6.45, 7) is 0. The third-order valence-corrected chi connectivity index (χ3v) is 8.98. The fourth-order valence-electron chi connectivity index (χ4n) is 6.65. The van der Waals surface area contributed by atoms with Crippen LogP contribution in [-0.4, -0.2) is 0 Å². The van der Waals surface area contributed by atoms with E-state index < -0.39 is 6.04 Å². The molecule has 2 nitrogen and oxygen atoms in total. The minimum absolute atomic E-state index is 0.185. The van der Waals surface area contributed by atoms with Crippen molar-refractivity contribution in [3.63, 3.8) is 0 Å². The first kappa shape index (κ1) is 23.0. The van der Waals surface area contributed by atoms with Gasteiger partial charge in [-0.15, -0.1) is 0 Å². The van der Waals surface area contributed by atoms with E-state index in [1.807, 2.05) is 66.7 Å². The first-order valence-corrected chi connectivity index (χ1v) is 15.9. The SMILES string of the molecule is [2H]c1c([2H])c([2H])c(-c2ccc(N(c3ccccc3)c3ccc(-c4ccc(-c5ccc6oc7ccccc7c6c5)cc4)c4ccccc34)cc2)c([2H])c1[2H]. The number of hydrogen-bond donors (Lipinski definition) is 0. The maximum absolute atomic E-state index is 8.48. The molecule has 0 saturated heterocycles. The van der Waals surface area contributed by atoms with Crippen LogP contribution in [0, 0.1) is 0 Å². The van der Waals surface area contributed by atoms with Gasteiger partial charge in [-0.1, -0.05) is 139 Å². The third kappa shape index (κ3) is 4.92. The summed E-state index contributed by atoms with van der Waals surface area (Å²) in [7, 11) is 0. The highest BCUT2D eigenvalue weighted by Crippen LogP contribution is 2.42. The maximum Gasteiger partial charge on any atom is 0.135 e. The molecule has 0 aliphatic carbocycles. The molecule has 0 bridgehead atoms. The molecule has 1 aromatic heterocycles. The lowest BCUT2D eigenvalue weighted by Crippen LogP contribution is -2.10. The van der Waals surface area contributed by atoms with E-state index in [4.69, 9.17) is 11.3 Å². The van der Waals surface area contributed by atoms with Gasteiger partial charge in [0.25, 0.3) is 0 Å². The fraction of sp³-hybridized carbons (Fsp3) is 0. The number of hydrogen-bond acceptors (Lipinski definition) is 2. The molecule has 0 aliphatic rings. The predicted molar refractivity (Wildman–Crippen MR) is 202 cm³/mol. The molecule has 9 rings (SSSR count). The predicted octanol–water partition coefficient (Wildman–Crippen LogP) is 13.2. The zero-order valence-electron chi connectivity index (χ0n) is 30.9. The van der Waals surface area contributed by atoms with Crippen LogP contribution in [0.5, 0.6) is 0 Å². The molecule has 0 unspecified atom stereocenters. The lowest BCUT2D eigenvalue weighted by molar-refractivity contribution is 0.669. The van der Waals surface area contributed by atoms with Gasteiger partial charge in [-0.05, 0) is 87.3 Å². The van der Waals surface area contributed by atoms with Crippen molar-refractivity contribution in [1.29, 1.82) is 0 Å². The van der Waals surface area contributed by atoms with Crippen molar-refractivity contribution in [2.24, 2.45) is 0 Å². The molecular formula is C46H31NO. The maximum atomic E-state index is 8.48. The average Bonchev–Trinajstić information content (AvgIpc) is 3.59. The zero-order chi connectivity index (χ0) is 36.2. The van der Waals surface area contributed by atoms with Gasteiger partial charge in [0, 0.05) is 27.5 Å². The number of anilines is 3. The molecule has 0 atom stereocenters. The van der Waals surface area contributed by atoms with Crippen LogP contribution in [0.25, 0.3) is 66.1 Å². The number of nitrogens with zero attached hydrogens (tertiary/aromatic N) is 1. The number of furan rings is 1. The molecule has 8 aromatic carbocycles. The molecule has 48 heavy (non-hydrogen) atoms. The Morgan fingerprint density at radius 1 is 0.396 bits per heavy atom. The van der Waals surface area contributed by atoms with Crippen molar-refractivity contribution < 1.29 is 11.3 Å². The van der Waals surface area contributed by atoms with Crippen LogP contribution in [0.4, 0.5) is 17.1 Å². The Balaban J connectivity index is 1.11. The molecule has 1 heterocycles. The molecule has 2 heteroatoms. The third-order valence-electron chi connectivity index (χ3n) is 8.98. The molecule has 0 aliphatic heterocycles. The Morgan fingerprint density at radius 3 is 1.77 bits per heavy atom. The number of benzene rings is 8. The monoisotopic (exact) mass is 618 g/mol. The lowest BCUT2D eigenvalue weighted by Gasteiger charge is -2.27. The Kier molecular flexibility index (Phi) is 5.64. The van der Waals surface area contributed by atoms with Crippen molar-refractivity contribution in [3.05, 3.63) is 188 Å². The second-order valence-corrected chi connectivity index (χ2v) is 11.8. The van der Waals surface area contributed by atoms with Gasteiger partial charge in [-0.25, -0.2) is 0 Å². The summed E-state index contributed by atoms with van der Waals surface area (Å²) < 4.78 is 47.3. The highest BCUT2D eigenvalue weighted by molar-refractivity contribution is 6.07. The molecule has 0 amide bonds. The lowest BCUT2D eigenvalue weighted by atomic mass is 9.94. The molecule has 9 aromatic rings. The smallest absolute Gasteiger partial charge is 0.135 e. The van der Waals surface area contributed by atoms with Gasteiger partial charge in [0.15, 0.2) is 0 Å². The Morgan fingerprint density at radius 2 is 0.979 bits per heavy atom. The van der Waals surface area contributed by atoms with E-state index in [9.17, 15) is 0 Å². The van der Waals surface area contributed by atoms with Crippen molar-refractivity contribution in [3.8, 4) is 33.4 Å².